The van der Waals surface area contributed by atoms with E-state index >= 15 is 0 Å². The molecule has 0 amide bonds. The fraction of sp³-hybridized carbons (Fsp3) is 0.417. The van der Waals surface area contributed by atoms with Crippen molar-refractivity contribution in [2.75, 3.05) is 0 Å². The van der Waals surface area contributed by atoms with E-state index in [1.807, 2.05) is 24.3 Å². The summed E-state index contributed by atoms with van der Waals surface area (Å²) in [7, 11) is 0. The van der Waals surface area contributed by atoms with Crippen molar-refractivity contribution in [2.24, 2.45) is 5.73 Å². The number of ketones is 1. The van der Waals surface area contributed by atoms with E-state index < -0.39 is 0 Å². The van der Waals surface area contributed by atoms with Crippen LogP contribution in [0.3, 0.4) is 0 Å². The number of carbonyl (C=O) groups is 1. The zero-order valence-electron chi connectivity index (χ0n) is 8.79. The molecule has 1 rings (SSSR count). The van der Waals surface area contributed by atoms with E-state index in [1.54, 1.807) is 6.92 Å². The summed E-state index contributed by atoms with van der Waals surface area (Å²) in [5.41, 5.74) is 7.76. The Balaban J connectivity index is 2.78. The monoisotopic (exact) mass is 191 g/mol. The number of nitrogens with two attached hydrogens (primary N) is 1. The van der Waals surface area contributed by atoms with Crippen molar-refractivity contribution < 1.29 is 4.79 Å². The number of Topliss-reactive ketones (excluding diaryl/α,β-unsaturated/α-hetero) is 1. The van der Waals surface area contributed by atoms with Crippen LogP contribution in [0.15, 0.2) is 24.3 Å². The van der Waals surface area contributed by atoms with Crippen LogP contribution in [-0.4, -0.2) is 11.8 Å². The molecule has 0 aliphatic heterocycles. The van der Waals surface area contributed by atoms with Crippen molar-refractivity contribution >= 4 is 5.78 Å². The second kappa shape index (κ2) is 4.91. The van der Waals surface area contributed by atoms with Gasteiger partial charge < -0.3 is 5.73 Å². The van der Waals surface area contributed by atoms with Gasteiger partial charge in [0.2, 0.25) is 0 Å². The molecule has 0 aromatic heterocycles. The van der Waals surface area contributed by atoms with Crippen molar-refractivity contribution in [1.82, 2.24) is 0 Å². The Morgan fingerprint density at radius 2 is 2.21 bits per heavy atom. The highest BCUT2D eigenvalue weighted by molar-refractivity contribution is 5.94. The van der Waals surface area contributed by atoms with Crippen LogP contribution in [0.1, 0.15) is 36.2 Å². The minimum Gasteiger partial charge on any atom is -0.327 e. The van der Waals surface area contributed by atoms with Crippen molar-refractivity contribution in [2.45, 2.75) is 32.7 Å². The fourth-order valence-electron chi connectivity index (χ4n) is 1.36. The Morgan fingerprint density at radius 3 is 2.79 bits per heavy atom. The number of carbonyl (C=O) groups excluding carboxylic acids is 1. The lowest BCUT2D eigenvalue weighted by atomic mass is 10.0. The lowest BCUT2D eigenvalue weighted by Gasteiger charge is -2.08. The Bertz CT molecular complexity index is 320. The quantitative estimate of drug-likeness (QED) is 0.741. The van der Waals surface area contributed by atoms with E-state index in [9.17, 15) is 4.79 Å². The smallest absolute Gasteiger partial charge is 0.159 e. The molecule has 0 radical (unpaired) electrons. The first-order valence-electron chi connectivity index (χ1n) is 4.99. The average molecular weight is 191 g/mol. The van der Waals surface area contributed by atoms with Gasteiger partial charge in [0.15, 0.2) is 5.78 Å². The molecule has 76 valence electrons. The van der Waals surface area contributed by atoms with Gasteiger partial charge in [-0.2, -0.15) is 0 Å². The first-order chi connectivity index (χ1) is 6.63. The third-order valence-electron chi connectivity index (χ3n) is 2.36. The largest absolute Gasteiger partial charge is 0.327 e. The van der Waals surface area contributed by atoms with Crippen molar-refractivity contribution in [3.63, 3.8) is 0 Å². The lowest BCUT2D eigenvalue weighted by Crippen LogP contribution is -2.21. The van der Waals surface area contributed by atoms with Gasteiger partial charge >= 0.3 is 0 Å². The van der Waals surface area contributed by atoms with Gasteiger partial charge in [-0.1, -0.05) is 25.1 Å². The zero-order chi connectivity index (χ0) is 10.6. The van der Waals surface area contributed by atoms with Gasteiger partial charge in [-0.15, -0.1) is 0 Å². The van der Waals surface area contributed by atoms with Crippen LogP contribution >= 0.6 is 0 Å². The Labute approximate surface area is 85.1 Å². The maximum absolute atomic E-state index is 11.1. The number of benzene rings is 1. The summed E-state index contributed by atoms with van der Waals surface area (Å²) in [6.07, 6.45) is 1.81. The first kappa shape index (κ1) is 10.9. The SMILES string of the molecule is CCC(N)Cc1cccc(C(C)=O)c1. The Kier molecular flexibility index (Phi) is 3.84. The van der Waals surface area contributed by atoms with Crippen molar-refractivity contribution in [3.05, 3.63) is 35.4 Å². The van der Waals surface area contributed by atoms with Gasteiger partial charge in [0.05, 0.1) is 0 Å². The average Bonchev–Trinajstić information content (AvgIpc) is 2.18. The molecular formula is C12H17NO. The van der Waals surface area contributed by atoms with Gasteiger partial charge in [0.1, 0.15) is 0 Å². The van der Waals surface area contributed by atoms with Crippen LogP contribution in [0.5, 0.6) is 0 Å². The predicted molar refractivity (Wildman–Crippen MR) is 58.4 cm³/mol. The van der Waals surface area contributed by atoms with E-state index in [4.69, 9.17) is 5.73 Å². The highest BCUT2D eigenvalue weighted by Gasteiger charge is 2.03. The van der Waals surface area contributed by atoms with Crippen LogP contribution < -0.4 is 5.73 Å². The normalized spacial score (nSPS) is 12.5. The van der Waals surface area contributed by atoms with Gasteiger partial charge in [-0.3, -0.25) is 4.79 Å². The van der Waals surface area contributed by atoms with E-state index in [0.29, 0.717) is 0 Å². The standard InChI is InChI=1S/C12H17NO/c1-3-12(13)8-10-5-4-6-11(7-10)9(2)14/h4-7,12H,3,8,13H2,1-2H3. The molecule has 2 N–H and O–H groups in total. The molecular weight excluding hydrogens is 174 g/mol. The molecule has 1 aromatic carbocycles. The van der Waals surface area contributed by atoms with E-state index in [1.165, 1.54) is 0 Å². The Morgan fingerprint density at radius 1 is 1.50 bits per heavy atom. The third kappa shape index (κ3) is 2.96. The molecule has 0 aliphatic carbocycles. The molecule has 1 aromatic rings. The van der Waals surface area contributed by atoms with Gasteiger partial charge in [-0.05, 0) is 31.4 Å². The van der Waals surface area contributed by atoms with Crippen LogP contribution in [0, 0.1) is 0 Å². The summed E-state index contributed by atoms with van der Waals surface area (Å²) < 4.78 is 0. The van der Waals surface area contributed by atoms with Gasteiger partial charge in [0.25, 0.3) is 0 Å². The molecule has 1 unspecified atom stereocenters. The molecule has 0 fully saturated rings. The second-order valence-corrected chi connectivity index (χ2v) is 3.63. The number of rotatable bonds is 4. The highest BCUT2D eigenvalue weighted by atomic mass is 16.1. The van der Waals surface area contributed by atoms with Crippen molar-refractivity contribution in [1.29, 1.82) is 0 Å². The molecule has 2 heteroatoms. The highest BCUT2D eigenvalue weighted by Crippen LogP contribution is 2.08. The molecule has 14 heavy (non-hydrogen) atoms. The maximum atomic E-state index is 11.1. The summed E-state index contributed by atoms with van der Waals surface area (Å²) in [5.74, 6) is 0.108. The number of hydrogen-bond acceptors (Lipinski definition) is 2. The van der Waals surface area contributed by atoms with Crippen molar-refractivity contribution in [3.8, 4) is 0 Å². The molecule has 0 saturated heterocycles. The van der Waals surface area contributed by atoms with E-state index in [0.717, 1.165) is 24.0 Å². The van der Waals surface area contributed by atoms with Crippen LogP contribution in [0.2, 0.25) is 0 Å². The molecule has 2 nitrogen and oxygen atoms in total. The van der Waals surface area contributed by atoms with Gasteiger partial charge in [-0.25, -0.2) is 0 Å². The summed E-state index contributed by atoms with van der Waals surface area (Å²) >= 11 is 0. The topological polar surface area (TPSA) is 43.1 Å². The van der Waals surface area contributed by atoms with E-state index in [2.05, 4.69) is 6.92 Å². The summed E-state index contributed by atoms with van der Waals surface area (Å²) in [6, 6.07) is 7.88. The minimum absolute atomic E-state index is 0.108. The molecule has 0 spiro atoms. The first-order valence-corrected chi connectivity index (χ1v) is 4.99. The summed E-state index contributed by atoms with van der Waals surface area (Å²) in [6.45, 7) is 3.65. The fourth-order valence-corrected chi connectivity index (χ4v) is 1.36. The molecule has 1 atom stereocenters. The molecule has 0 aliphatic rings. The molecule has 0 saturated carbocycles. The molecule has 0 heterocycles. The second-order valence-electron chi connectivity index (χ2n) is 3.63. The predicted octanol–water partition coefficient (Wildman–Crippen LogP) is 2.17. The Hall–Kier alpha value is -1.15. The lowest BCUT2D eigenvalue weighted by molar-refractivity contribution is 0.101. The zero-order valence-corrected chi connectivity index (χ0v) is 8.79. The maximum Gasteiger partial charge on any atom is 0.159 e. The van der Waals surface area contributed by atoms with E-state index in [-0.39, 0.29) is 11.8 Å². The third-order valence-corrected chi connectivity index (χ3v) is 2.36. The minimum atomic E-state index is 0.108. The van der Waals surface area contributed by atoms with Gasteiger partial charge in [0, 0.05) is 11.6 Å². The van der Waals surface area contributed by atoms with Crippen LogP contribution in [-0.2, 0) is 6.42 Å². The summed E-state index contributed by atoms with van der Waals surface area (Å²) in [4.78, 5) is 11.1. The van der Waals surface area contributed by atoms with Crippen LogP contribution in [0.25, 0.3) is 0 Å². The molecule has 0 bridgehead atoms. The number of hydrogen-bond donors (Lipinski definition) is 1. The summed E-state index contributed by atoms with van der Waals surface area (Å²) in [5, 5.41) is 0. The van der Waals surface area contributed by atoms with Crippen LogP contribution in [0.4, 0.5) is 0 Å².